The summed E-state index contributed by atoms with van der Waals surface area (Å²) in [7, 11) is 1.64. The Kier molecular flexibility index (Phi) is 4.75. The van der Waals surface area contributed by atoms with Crippen molar-refractivity contribution >= 4 is 49.0 Å². The zero-order valence-corrected chi connectivity index (χ0v) is 19.0. The van der Waals surface area contributed by atoms with Crippen LogP contribution in [0, 0.1) is 11.3 Å². The monoisotopic (exact) mass is 462 g/mol. The number of nitrogens with one attached hydrogen (secondary N) is 1. The number of thiazole rings is 1. The molecule has 0 spiro atoms. The molecule has 0 atom stereocenters. The fourth-order valence-electron chi connectivity index (χ4n) is 3.91. The molecule has 2 heterocycles. The zero-order valence-electron chi connectivity index (χ0n) is 18.1. The number of fused-ring (bicyclic) bond motifs is 3. The van der Waals surface area contributed by atoms with E-state index in [9.17, 15) is 5.26 Å². The number of hydrazine groups is 2. The molecule has 8 heteroatoms. The van der Waals surface area contributed by atoms with Gasteiger partial charge in [0.25, 0.3) is 0 Å². The van der Waals surface area contributed by atoms with E-state index in [0.29, 0.717) is 11.4 Å². The third-order valence-electron chi connectivity index (χ3n) is 5.62. The molecule has 0 unspecified atom stereocenters. The highest BCUT2D eigenvalue weighted by atomic mass is 32.1. The topological polar surface area (TPSA) is 76.8 Å². The maximum atomic E-state index is 9.20. The first-order chi connectivity index (χ1) is 16.7. The molecule has 164 valence electrons. The third kappa shape index (κ3) is 3.36. The van der Waals surface area contributed by atoms with E-state index >= 15 is 0 Å². The van der Waals surface area contributed by atoms with E-state index in [0.717, 1.165) is 43.1 Å². The van der Waals surface area contributed by atoms with Gasteiger partial charge in [0.2, 0.25) is 5.13 Å². The molecule has 0 saturated carbocycles. The lowest BCUT2D eigenvalue weighted by atomic mass is 10.1. The first kappa shape index (κ1) is 20.0. The van der Waals surface area contributed by atoms with Crippen molar-refractivity contribution in [2.75, 3.05) is 17.3 Å². The number of rotatable bonds is 4. The standard InChI is InChI=1S/C26H18N6OS/c1-33-21-7-4-6-19(15-21)25-29-31(20-12-9-17(16-27)10-13-20)32(30-25)26-28-24-22-8-3-2-5-18(22)11-14-23(24)34-26/h2-15H,1H3,(H,29,30). The second kappa shape index (κ2) is 8.06. The number of hydrazone groups is 1. The first-order valence-electron chi connectivity index (χ1n) is 10.6. The van der Waals surface area contributed by atoms with Crippen molar-refractivity contribution in [1.82, 2.24) is 10.4 Å². The highest BCUT2D eigenvalue weighted by Crippen LogP contribution is 2.36. The Morgan fingerprint density at radius 3 is 2.65 bits per heavy atom. The highest BCUT2D eigenvalue weighted by Gasteiger charge is 2.29. The summed E-state index contributed by atoms with van der Waals surface area (Å²) < 4.78 is 6.48. The highest BCUT2D eigenvalue weighted by molar-refractivity contribution is 7.22. The Morgan fingerprint density at radius 2 is 1.82 bits per heavy atom. The quantitative estimate of drug-likeness (QED) is 0.383. The van der Waals surface area contributed by atoms with Gasteiger partial charge in [-0.1, -0.05) is 53.8 Å². The summed E-state index contributed by atoms with van der Waals surface area (Å²) >= 11 is 1.58. The Hall–Kier alpha value is -4.61. The summed E-state index contributed by atoms with van der Waals surface area (Å²) in [5, 5.41) is 20.6. The van der Waals surface area contributed by atoms with Crippen LogP contribution in [-0.4, -0.2) is 17.9 Å². The van der Waals surface area contributed by atoms with Gasteiger partial charge in [0.15, 0.2) is 5.84 Å². The smallest absolute Gasteiger partial charge is 0.228 e. The number of hydrogen-bond donors (Lipinski definition) is 1. The summed E-state index contributed by atoms with van der Waals surface area (Å²) in [6.45, 7) is 0. The second-order valence-corrected chi connectivity index (χ2v) is 8.69. The van der Waals surface area contributed by atoms with Crippen LogP contribution in [0.1, 0.15) is 11.1 Å². The Morgan fingerprint density at radius 1 is 0.971 bits per heavy atom. The van der Waals surface area contributed by atoms with Crippen LogP contribution in [0.3, 0.4) is 0 Å². The molecule has 5 aromatic rings. The Labute approximate surface area is 199 Å². The van der Waals surface area contributed by atoms with Crippen LogP contribution in [0.25, 0.3) is 21.0 Å². The normalized spacial score (nSPS) is 13.1. The summed E-state index contributed by atoms with van der Waals surface area (Å²) in [5.74, 6) is 1.41. The van der Waals surface area contributed by atoms with E-state index in [-0.39, 0.29) is 0 Å². The molecule has 0 bridgehead atoms. The van der Waals surface area contributed by atoms with Gasteiger partial charge in [0.1, 0.15) is 5.75 Å². The molecule has 1 aliphatic heterocycles. The lowest BCUT2D eigenvalue weighted by molar-refractivity contribution is 0.414. The van der Waals surface area contributed by atoms with Gasteiger partial charge in [0.05, 0.1) is 34.6 Å². The largest absolute Gasteiger partial charge is 0.497 e. The summed E-state index contributed by atoms with van der Waals surface area (Å²) in [6.07, 6.45) is 0. The molecular formula is C26H18N6OS. The van der Waals surface area contributed by atoms with Gasteiger partial charge in [-0.15, -0.1) is 15.3 Å². The Bertz CT molecular complexity index is 1600. The van der Waals surface area contributed by atoms with Crippen LogP contribution in [0.4, 0.5) is 10.8 Å². The minimum atomic E-state index is 0.589. The number of aromatic nitrogens is 1. The average Bonchev–Trinajstić information content (AvgIpc) is 3.54. The first-order valence-corrected chi connectivity index (χ1v) is 11.4. The summed E-state index contributed by atoms with van der Waals surface area (Å²) in [5.41, 5.74) is 6.62. The van der Waals surface area contributed by atoms with Crippen molar-refractivity contribution < 1.29 is 4.74 Å². The molecule has 0 saturated heterocycles. The van der Waals surface area contributed by atoms with Crippen LogP contribution >= 0.6 is 11.3 Å². The number of anilines is 2. The number of hydrogen-bond acceptors (Lipinski definition) is 8. The number of amidine groups is 1. The lowest BCUT2D eigenvalue weighted by Crippen LogP contribution is -2.44. The molecule has 4 aromatic carbocycles. The molecule has 1 N–H and O–H groups in total. The summed E-state index contributed by atoms with van der Waals surface area (Å²) in [6, 6.07) is 29.6. The average molecular weight is 463 g/mol. The van der Waals surface area contributed by atoms with E-state index in [1.165, 1.54) is 0 Å². The van der Waals surface area contributed by atoms with Crippen LogP contribution in [0.2, 0.25) is 0 Å². The van der Waals surface area contributed by atoms with Crippen molar-refractivity contribution in [3.8, 4) is 11.8 Å². The summed E-state index contributed by atoms with van der Waals surface area (Å²) in [4.78, 5) is 4.98. The molecule has 6 rings (SSSR count). The minimum Gasteiger partial charge on any atom is -0.497 e. The van der Waals surface area contributed by atoms with Gasteiger partial charge >= 0.3 is 0 Å². The molecular weight excluding hydrogens is 444 g/mol. The fraction of sp³-hybridized carbons (Fsp3) is 0.0385. The van der Waals surface area contributed by atoms with Gasteiger partial charge in [-0.05, 0) is 47.9 Å². The number of methoxy groups -OCH3 is 1. The zero-order chi connectivity index (χ0) is 23.1. The molecule has 1 aromatic heterocycles. The van der Waals surface area contributed by atoms with E-state index in [1.807, 2.05) is 53.6 Å². The number of ether oxygens (including phenoxy) is 1. The number of nitrogens with zero attached hydrogens (tertiary/aromatic N) is 5. The maximum Gasteiger partial charge on any atom is 0.228 e. The third-order valence-corrected chi connectivity index (χ3v) is 6.62. The van der Waals surface area contributed by atoms with Gasteiger partial charge in [-0.25, -0.2) is 4.98 Å². The lowest BCUT2D eigenvalue weighted by Gasteiger charge is -2.25. The Balaban J connectivity index is 1.46. The van der Waals surface area contributed by atoms with Gasteiger partial charge in [0, 0.05) is 10.9 Å². The molecule has 34 heavy (non-hydrogen) atoms. The van der Waals surface area contributed by atoms with Gasteiger partial charge in [-0.3, -0.25) is 5.43 Å². The number of benzene rings is 4. The SMILES string of the molecule is COc1cccc(C2=NN(c3ccc(C#N)cc3)N(c3nc4c(ccc5ccccc54)s3)N2)c1. The molecule has 0 amide bonds. The van der Waals surface area contributed by atoms with Crippen molar-refractivity contribution in [1.29, 1.82) is 5.26 Å². The van der Waals surface area contributed by atoms with Gasteiger partial charge < -0.3 is 4.74 Å². The van der Waals surface area contributed by atoms with E-state index in [1.54, 1.807) is 35.7 Å². The molecule has 0 radical (unpaired) electrons. The molecule has 0 fully saturated rings. The fourth-order valence-corrected chi connectivity index (χ4v) is 4.85. The van der Waals surface area contributed by atoms with Crippen LogP contribution in [0.5, 0.6) is 5.75 Å². The van der Waals surface area contributed by atoms with Crippen molar-refractivity contribution in [2.45, 2.75) is 0 Å². The molecule has 7 nitrogen and oxygen atoms in total. The van der Waals surface area contributed by atoms with Crippen LogP contribution in [0.15, 0.2) is 90.0 Å². The minimum absolute atomic E-state index is 0.589. The van der Waals surface area contributed by atoms with Crippen LogP contribution in [-0.2, 0) is 0 Å². The van der Waals surface area contributed by atoms with Crippen molar-refractivity contribution in [3.05, 3.63) is 96.1 Å². The van der Waals surface area contributed by atoms with Crippen molar-refractivity contribution in [2.24, 2.45) is 5.10 Å². The predicted molar refractivity (Wildman–Crippen MR) is 136 cm³/mol. The molecule has 0 aliphatic carbocycles. The second-order valence-electron chi connectivity index (χ2n) is 7.68. The van der Waals surface area contributed by atoms with Gasteiger partial charge in [-0.2, -0.15) is 5.26 Å². The van der Waals surface area contributed by atoms with Crippen molar-refractivity contribution in [3.63, 3.8) is 0 Å². The number of nitriles is 1. The van der Waals surface area contributed by atoms with Crippen LogP contribution < -0.4 is 20.4 Å². The molecule has 1 aliphatic rings. The van der Waals surface area contributed by atoms with E-state index in [4.69, 9.17) is 14.8 Å². The maximum absolute atomic E-state index is 9.20. The van der Waals surface area contributed by atoms with E-state index < -0.39 is 0 Å². The van der Waals surface area contributed by atoms with E-state index in [2.05, 4.69) is 35.8 Å². The predicted octanol–water partition coefficient (Wildman–Crippen LogP) is 5.44.